The monoisotopic (exact) mass is 419 g/mol. The number of carbonyl (C=O) groups excluding carboxylic acids is 2. The number of carbonyl (C=O) groups is 2. The van der Waals surface area contributed by atoms with Crippen LogP contribution in [-0.4, -0.2) is 56.6 Å². The number of fused-ring (bicyclic) bond motifs is 1. The van der Waals surface area contributed by atoms with Crippen LogP contribution in [0.25, 0.3) is 33.4 Å². The van der Waals surface area contributed by atoms with Gasteiger partial charge in [-0.15, -0.1) is 0 Å². The molecule has 0 radical (unpaired) electrons. The number of primary amides is 1. The van der Waals surface area contributed by atoms with Crippen molar-refractivity contribution >= 4 is 22.8 Å². The SMILES string of the molecule is CN1CCC(O)C1=O.NC(=O)c1cc(-c2cccc(-c3ccon3)c2)c2cc[nH]c2n1. The fraction of sp³-hybridized carbons (Fsp3) is 0.182. The van der Waals surface area contributed by atoms with Crippen LogP contribution in [-0.2, 0) is 4.79 Å². The van der Waals surface area contributed by atoms with E-state index in [-0.39, 0.29) is 11.6 Å². The molecule has 9 nitrogen and oxygen atoms in total. The number of hydrogen-bond acceptors (Lipinski definition) is 6. The Morgan fingerprint density at radius 1 is 1.26 bits per heavy atom. The van der Waals surface area contributed by atoms with Gasteiger partial charge in [0.2, 0.25) is 0 Å². The van der Waals surface area contributed by atoms with Gasteiger partial charge in [0.25, 0.3) is 11.8 Å². The van der Waals surface area contributed by atoms with Crippen molar-refractivity contribution in [1.29, 1.82) is 0 Å². The first-order valence-corrected chi connectivity index (χ1v) is 9.66. The Labute approximate surface area is 177 Å². The Bertz CT molecular complexity index is 1220. The molecule has 4 aromatic rings. The Morgan fingerprint density at radius 2 is 2.06 bits per heavy atom. The summed E-state index contributed by atoms with van der Waals surface area (Å²) in [5.41, 5.74) is 9.75. The number of likely N-dealkylation sites (N-methyl/N-ethyl adjacent to an activating group) is 1. The molecule has 1 atom stereocenters. The van der Waals surface area contributed by atoms with Crippen LogP contribution in [0, 0.1) is 0 Å². The zero-order valence-corrected chi connectivity index (χ0v) is 16.8. The standard InChI is InChI=1S/C17H12N4O2.C5H9NO2/c18-16(22)15-9-13(12-4-6-19-17(12)20-15)10-2-1-3-11(8-10)14-5-7-23-21-14;1-6-3-2-4(7)5(6)8/h1-9H,(H2,18,22)(H,19,20);4,7H,2-3H2,1H3. The lowest BCUT2D eigenvalue weighted by atomic mass is 9.99. The van der Waals surface area contributed by atoms with Crippen LogP contribution in [0.3, 0.4) is 0 Å². The molecule has 0 spiro atoms. The van der Waals surface area contributed by atoms with Crippen LogP contribution in [0.5, 0.6) is 0 Å². The number of aromatic nitrogens is 3. The fourth-order valence-corrected chi connectivity index (χ4v) is 3.41. The number of pyridine rings is 1. The number of rotatable bonds is 3. The lowest BCUT2D eigenvalue weighted by Crippen LogP contribution is -2.24. The summed E-state index contributed by atoms with van der Waals surface area (Å²) in [4.78, 5) is 30.9. The van der Waals surface area contributed by atoms with Gasteiger partial charge in [-0.3, -0.25) is 9.59 Å². The summed E-state index contributed by atoms with van der Waals surface area (Å²) in [5.74, 6) is -0.708. The molecular weight excluding hydrogens is 398 g/mol. The van der Waals surface area contributed by atoms with Crippen molar-refractivity contribution in [2.24, 2.45) is 5.73 Å². The lowest BCUT2D eigenvalue weighted by Gasteiger charge is -2.07. The number of amides is 2. The van der Waals surface area contributed by atoms with E-state index in [9.17, 15) is 9.59 Å². The highest BCUT2D eigenvalue weighted by molar-refractivity contribution is 6.00. The largest absolute Gasteiger partial charge is 0.383 e. The van der Waals surface area contributed by atoms with Crippen molar-refractivity contribution in [3.05, 3.63) is 60.6 Å². The summed E-state index contributed by atoms with van der Waals surface area (Å²) in [5, 5.41) is 13.7. The van der Waals surface area contributed by atoms with Crippen LogP contribution in [0.15, 0.2) is 59.4 Å². The third-order valence-corrected chi connectivity index (χ3v) is 5.09. The number of aromatic amines is 1. The number of benzene rings is 1. The van der Waals surface area contributed by atoms with Gasteiger partial charge in [-0.2, -0.15) is 0 Å². The minimum absolute atomic E-state index is 0.148. The van der Waals surface area contributed by atoms with Crippen LogP contribution < -0.4 is 5.73 Å². The Hall–Kier alpha value is -3.98. The van der Waals surface area contributed by atoms with E-state index in [0.29, 0.717) is 18.6 Å². The molecule has 0 saturated carbocycles. The minimum Gasteiger partial charge on any atom is -0.383 e. The Kier molecular flexibility index (Phi) is 5.50. The number of nitrogens with zero attached hydrogens (tertiary/aromatic N) is 3. The van der Waals surface area contributed by atoms with E-state index < -0.39 is 12.0 Å². The molecule has 1 aromatic carbocycles. The van der Waals surface area contributed by atoms with E-state index in [0.717, 1.165) is 27.8 Å². The average molecular weight is 419 g/mol. The third-order valence-electron chi connectivity index (χ3n) is 5.09. The van der Waals surface area contributed by atoms with Gasteiger partial charge in [-0.25, -0.2) is 4.98 Å². The zero-order valence-electron chi connectivity index (χ0n) is 16.8. The maximum Gasteiger partial charge on any atom is 0.267 e. The molecule has 4 N–H and O–H groups in total. The molecule has 0 bridgehead atoms. The molecule has 3 aromatic heterocycles. The third kappa shape index (κ3) is 4.17. The highest BCUT2D eigenvalue weighted by atomic mass is 16.5. The normalized spacial score (nSPS) is 15.7. The Balaban J connectivity index is 0.000000245. The van der Waals surface area contributed by atoms with Gasteiger partial charge < -0.3 is 25.2 Å². The summed E-state index contributed by atoms with van der Waals surface area (Å²) >= 11 is 0. The van der Waals surface area contributed by atoms with Gasteiger partial charge in [0, 0.05) is 36.8 Å². The summed E-state index contributed by atoms with van der Waals surface area (Å²) in [7, 11) is 1.69. The Morgan fingerprint density at radius 3 is 2.68 bits per heavy atom. The van der Waals surface area contributed by atoms with Crippen molar-refractivity contribution < 1.29 is 19.2 Å². The van der Waals surface area contributed by atoms with E-state index in [4.69, 9.17) is 15.4 Å². The van der Waals surface area contributed by atoms with Crippen LogP contribution in [0.2, 0.25) is 0 Å². The molecule has 9 heteroatoms. The smallest absolute Gasteiger partial charge is 0.267 e. The second-order valence-electron chi connectivity index (χ2n) is 7.19. The van der Waals surface area contributed by atoms with Gasteiger partial charge in [0.1, 0.15) is 29.4 Å². The van der Waals surface area contributed by atoms with Gasteiger partial charge in [-0.05, 0) is 35.7 Å². The second kappa shape index (κ2) is 8.41. The minimum atomic E-state index is -0.722. The highest BCUT2D eigenvalue weighted by Gasteiger charge is 2.26. The average Bonchev–Trinajstić information content (AvgIpc) is 3.53. The first-order chi connectivity index (χ1) is 14.9. The van der Waals surface area contributed by atoms with E-state index >= 15 is 0 Å². The number of nitrogens with one attached hydrogen (secondary N) is 1. The van der Waals surface area contributed by atoms with Crippen molar-refractivity contribution in [2.45, 2.75) is 12.5 Å². The number of aliphatic hydroxyl groups is 1. The summed E-state index contributed by atoms with van der Waals surface area (Å²) in [6.07, 6.45) is 3.19. The molecule has 5 rings (SSSR count). The molecule has 1 unspecified atom stereocenters. The highest BCUT2D eigenvalue weighted by Crippen LogP contribution is 2.31. The van der Waals surface area contributed by atoms with Crippen molar-refractivity contribution in [2.75, 3.05) is 13.6 Å². The van der Waals surface area contributed by atoms with Crippen LogP contribution in [0.1, 0.15) is 16.9 Å². The first kappa shape index (κ1) is 20.3. The first-order valence-electron chi connectivity index (χ1n) is 9.66. The maximum atomic E-state index is 11.5. The van der Waals surface area contributed by atoms with E-state index in [1.807, 2.05) is 30.3 Å². The van der Waals surface area contributed by atoms with Gasteiger partial charge in [0.05, 0.1) is 0 Å². The maximum absolute atomic E-state index is 11.5. The number of likely N-dealkylation sites (tertiary alicyclic amines) is 1. The summed E-state index contributed by atoms with van der Waals surface area (Å²) < 4.78 is 4.90. The van der Waals surface area contributed by atoms with Gasteiger partial charge >= 0.3 is 0 Å². The van der Waals surface area contributed by atoms with Crippen LogP contribution >= 0.6 is 0 Å². The summed E-state index contributed by atoms with van der Waals surface area (Å²) in [6, 6.07) is 13.3. The molecule has 1 aliphatic heterocycles. The van der Waals surface area contributed by atoms with E-state index in [1.54, 1.807) is 25.4 Å². The van der Waals surface area contributed by atoms with Crippen LogP contribution in [0.4, 0.5) is 0 Å². The zero-order chi connectivity index (χ0) is 22.0. The number of nitrogens with two attached hydrogens (primary N) is 1. The molecular formula is C22H21N5O4. The molecule has 158 valence electrons. The topological polar surface area (TPSA) is 138 Å². The predicted molar refractivity (Wildman–Crippen MR) is 114 cm³/mol. The molecule has 1 aliphatic rings. The van der Waals surface area contributed by atoms with Gasteiger partial charge in [0.15, 0.2) is 0 Å². The molecule has 4 heterocycles. The number of H-pyrrole nitrogens is 1. The molecule has 0 aliphatic carbocycles. The number of aliphatic hydroxyl groups excluding tert-OH is 1. The fourth-order valence-electron chi connectivity index (χ4n) is 3.41. The van der Waals surface area contributed by atoms with Crippen molar-refractivity contribution in [3.8, 4) is 22.4 Å². The predicted octanol–water partition coefficient (Wildman–Crippen LogP) is 2.19. The van der Waals surface area contributed by atoms with Crippen molar-refractivity contribution in [3.63, 3.8) is 0 Å². The quantitative estimate of drug-likeness (QED) is 0.465. The lowest BCUT2D eigenvalue weighted by molar-refractivity contribution is -0.133. The number of hydrogen-bond donors (Lipinski definition) is 3. The molecule has 31 heavy (non-hydrogen) atoms. The molecule has 2 amide bonds. The molecule has 1 fully saturated rings. The van der Waals surface area contributed by atoms with Gasteiger partial charge in [-0.1, -0.05) is 23.4 Å². The summed E-state index contributed by atoms with van der Waals surface area (Å²) in [6.45, 7) is 0.694. The molecule has 1 saturated heterocycles. The van der Waals surface area contributed by atoms with Crippen molar-refractivity contribution in [1.82, 2.24) is 20.0 Å². The van der Waals surface area contributed by atoms with E-state index in [1.165, 1.54) is 11.2 Å². The second-order valence-corrected chi connectivity index (χ2v) is 7.19. The van der Waals surface area contributed by atoms with E-state index in [2.05, 4.69) is 15.1 Å².